The molecule has 1 rings (SSSR count). The maximum absolute atomic E-state index is 13.1. The molecule has 1 aliphatic heterocycles. The molecular weight excluding hydrogens is 422 g/mol. The van der Waals surface area contributed by atoms with Crippen LogP contribution in [0.15, 0.2) is 0 Å². The first-order chi connectivity index (χ1) is 15.5. The molecule has 8 heteroatoms. The minimum atomic E-state index is -0.857. The number of esters is 1. The van der Waals surface area contributed by atoms with Crippen molar-refractivity contribution < 1.29 is 23.9 Å². The molecule has 1 aliphatic rings. The number of unbranched alkanes of at least 4 members (excludes halogenated alkanes) is 3. The molecule has 0 radical (unpaired) electrons. The van der Waals surface area contributed by atoms with Crippen LogP contribution >= 0.6 is 0 Å². The number of hydrogen-bond acceptors (Lipinski definition) is 5. The van der Waals surface area contributed by atoms with Gasteiger partial charge in [-0.25, -0.2) is 4.79 Å². The van der Waals surface area contributed by atoms with Gasteiger partial charge < -0.3 is 20.7 Å². The fraction of sp³-hybridized carbons (Fsp3) is 0.840. The van der Waals surface area contributed by atoms with Crippen LogP contribution in [-0.2, 0) is 23.9 Å². The molecule has 8 nitrogen and oxygen atoms in total. The zero-order valence-corrected chi connectivity index (χ0v) is 21.5. The third kappa shape index (κ3) is 9.33. The van der Waals surface area contributed by atoms with Crippen LogP contribution < -0.4 is 16.0 Å². The zero-order valence-electron chi connectivity index (χ0n) is 21.5. The number of ether oxygens (including phenoxy) is 1. The lowest BCUT2D eigenvalue weighted by Gasteiger charge is -2.29. The second-order valence-electron chi connectivity index (χ2n) is 9.90. The maximum Gasteiger partial charge on any atom is 0.329 e. The molecule has 0 bridgehead atoms. The summed E-state index contributed by atoms with van der Waals surface area (Å²) in [5.74, 6) is -2.11. The second-order valence-corrected chi connectivity index (χ2v) is 9.90. The van der Waals surface area contributed by atoms with E-state index >= 15 is 0 Å². The highest BCUT2D eigenvalue weighted by Gasteiger charge is 2.35. The lowest BCUT2D eigenvalue weighted by Crippen LogP contribution is -2.56. The van der Waals surface area contributed by atoms with E-state index < -0.39 is 42.0 Å². The second kappa shape index (κ2) is 14.2. The highest BCUT2D eigenvalue weighted by atomic mass is 16.5. The largest absolute Gasteiger partial charge is 0.460 e. The summed E-state index contributed by atoms with van der Waals surface area (Å²) in [7, 11) is 0. The summed E-state index contributed by atoms with van der Waals surface area (Å²) in [5.41, 5.74) is 0. The van der Waals surface area contributed by atoms with Gasteiger partial charge in [0, 0.05) is 0 Å². The molecule has 0 aliphatic carbocycles. The van der Waals surface area contributed by atoms with Gasteiger partial charge in [-0.1, -0.05) is 73.6 Å². The Kier molecular flexibility index (Phi) is 12.4. The first kappa shape index (κ1) is 28.9. The Morgan fingerprint density at radius 1 is 0.848 bits per heavy atom. The maximum atomic E-state index is 13.1. The van der Waals surface area contributed by atoms with Gasteiger partial charge in [-0.15, -0.1) is 0 Å². The van der Waals surface area contributed by atoms with Crippen molar-refractivity contribution in [1.82, 2.24) is 16.0 Å². The number of nitrogens with one attached hydrogen (secondary N) is 3. The monoisotopic (exact) mass is 467 g/mol. The minimum Gasteiger partial charge on any atom is -0.460 e. The standard InChI is InChI=1S/C25H45N3O5/c1-8-10-11-12-13-17(6)19-14-20(29)27-21(15(3)4)24(31)26-18(7)23(30)28-22(16(5)9-2)25(32)33-19/h15-19,21-22H,8-14H2,1-7H3,(H,26,31)(H,27,29)(H,28,30). The van der Waals surface area contributed by atoms with Gasteiger partial charge in [-0.05, 0) is 31.1 Å². The summed E-state index contributed by atoms with van der Waals surface area (Å²) < 4.78 is 5.88. The van der Waals surface area contributed by atoms with Crippen LogP contribution in [0.3, 0.4) is 0 Å². The third-order valence-corrected chi connectivity index (χ3v) is 6.58. The van der Waals surface area contributed by atoms with Crippen molar-refractivity contribution in [2.24, 2.45) is 17.8 Å². The fourth-order valence-electron chi connectivity index (χ4n) is 3.93. The molecule has 1 fully saturated rings. The van der Waals surface area contributed by atoms with Gasteiger partial charge in [-0.3, -0.25) is 14.4 Å². The van der Waals surface area contributed by atoms with Crippen molar-refractivity contribution in [3.63, 3.8) is 0 Å². The molecule has 190 valence electrons. The van der Waals surface area contributed by atoms with Crippen LogP contribution in [0.4, 0.5) is 0 Å². The number of hydrogen-bond donors (Lipinski definition) is 3. The number of carbonyl (C=O) groups excluding carboxylic acids is 4. The first-order valence-electron chi connectivity index (χ1n) is 12.6. The lowest BCUT2D eigenvalue weighted by molar-refractivity contribution is -0.158. The van der Waals surface area contributed by atoms with Gasteiger partial charge in [0.25, 0.3) is 0 Å². The molecule has 0 aromatic heterocycles. The summed E-state index contributed by atoms with van der Waals surface area (Å²) in [6, 6.07) is -2.49. The molecule has 1 saturated heterocycles. The topological polar surface area (TPSA) is 114 Å². The molecular formula is C25H45N3O5. The van der Waals surface area contributed by atoms with E-state index in [0.29, 0.717) is 6.42 Å². The molecule has 0 spiro atoms. The van der Waals surface area contributed by atoms with Crippen molar-refractivity contribution in [3.8, 4) is 0 Å². The van der Waals surface area contributed by atoms with Crippen LogP contribution in [0.25, 0.3) is 0 Å². The van der Waals surface area contributed by atoms with Gasteiger partial charge in [0.15, 0.2) is 0 Å². The van der Waals surface area contributed by atoms with Crippen LogP contribution in [0.1, 0.15) is 93.4 Å². The minimum absolute atomic E-state index is 0.0199. The Morgan fingerprint density at radius 3 is 2.09 bits per heavy atom. The van der Waals surface area contributed by atoms with E-state index in [1.54, 1.807) is 6.92 Å². The van der Waals surface area contributed by atoms with Gasteiger partial charge in [0.2, 0.25) is 17.7 Å². The molecule has 0 aromatic carbocycles. The Labute approximate surface area is 199 Å². The Hall–Kier alpha value is -2.12. The van der Waals surface area contributed by atoms with Crippen molar-refractivity contribution in [2.75, 3.05) is 0 Å². The number of carbonyl (C=O) groups is 4. The Bertz CT molecular complexity index is 666. The average Bonchev–Trinajstić information content (AvgIpc) is 2.76. The summed E-state index contributed by atoms with van der Waals surface area (Å²) in [5, 5.41) is 8.22. The van der Waals surface area contributed by atoms with Crippen molar-refractivity contribution in [2.45, 2.75) is 118 Å². The molecule has 0 aromatic rings. The zero-order chi connectivity index (χ0) is 25.1. The van der Waals surface area contributed by atoms with Crippen LogP contribution in [0, 0.1) is 17.8 Å². The van der Waals surface area contributed by atoms with Gasteiger partial charge >= 0.3 is 5.97 Å². The third-order valence-electron chi connectivity index (χ3n) is 6.58. The SMILES string of the molecule is CCCCCCC(C)C1CC(=O)NC(C(C)C)C(=O)NC(C)C(=O)NC(C(C)CC)C(=O)O1. The normalized spacial score (nSPS) is 27.3. The lowest BCUT2D eigenvalue weighted by atomic mass is 9.93. The van der Waals surface area contributed by atoms with Crippen LogP contribution in [0.2, 0.25) is 0 Å². The van der Waals surface area contributed by atoms with Gasteiger partial charge in [0.1, 0.15) is 24.2 Å². The summed E-state index contributed by atoms with van der Waals surface area (Å²) in [6.07, 6.45) is 5.19. The highest BCUT2D eigenvalue weighted by Crippen LogP contribution is 2.22. The predicted octanol–water partition coefficient (Wildman–Crippen LogP) is 3.08. The molecule has 3 amide bonds. The van der Waals surface area contributed by atoms with Crippen molar-refractivity contribution in [3.05, 3.63) is 0 Å². The van der Waals surface area contributed by atoms with E-state index in [2.05, 4.69) is 22.9 Å². The smallest absolute Gasteiger partial charge is 0.329 e. The molecule has 6 atom stereocenters. The molecule has 3 N–H and O–H groups in total. The number of amides is 3. The van der Waals surface area contributed by atoms with E-state index in [4.69, 9.17) is 4.74 Å². The molecule has 33 heavy (non-hydrogen) atoms. The Balaban J connectivity index is 3.22. The van der Waals surface area contributed by atoms with E-state index in [1.165, 1.54) is 0 Å². The van der Waals surface area contributed by atoms with Crippen LogP contribution in [0.5, 0.6) is 0 Å². The highest BCUT2D eigenvalue weighted by molar-refractivity contribution is 5.94. The van der Waals surface area contributed by atoms with E-state index in [-0.39, 0.29) is 30.1 Å². The molecule has 1 heterocycles. The van der Waals surface area contributed by atoms with Crippen molar-refractivity contribution >= 4 is 23.7 Å². The number of rotatable bonds is 9. The van der Waals surface area contributed by atoms with Gasteiger partial charge in [0.05, 0.1) is 6.42 Å². The van der Waals surface area contributed by atoms with Crippen molar-refractivity contribution in [1.29, 1.82) is 0 Å². The van der Waals surface area contributed by atoms with E-state index in [1.807, 2.05) is 34.6 Å². The van der Waals surface area contributed by atoms with Crippen LogP contribution in [-0.4, -0.2) is 47.9 Å². The van der Waals surface area contributed by atoms with E-state index in [0.717, 1.165) is 32.1 Å². The predicted molar refractivity (Wildman–Crippen MR) is 128 cm³/mol. The number of cyclic esters (lactones) is 1. The summed E-state index contributed by atoms with van der Waals surface area (Å²) >= 11 is 0. The summed E-state index contributed by atoms with van der Waals surface area (Å²) in [6.45, 7) is 13.2. The molecule has 0 saturated carbocycles. The average molecular weight is 468 g/mol. The first-order valence-corrected chi connectivity index (χ1v) is 12.6. The van der Waals surface area contributed by atoms with E-state index in [9.17, 15) is 19.2 Å². The summed E-state index contributed by atoms with van der Waals surface area (Å²) in [4.78, 5) is 51.6. The quantitative estimate of drug-likeness (QED) is 0.356. The fourth-order valence-corrected chi connectivity index (χ4v) is 3.93. The molecule has 6 unspecified atom stereocenters. The Morgan fingerprint density at radius 2 is 1.52 bits per heavy atom. The van der Waals surface area contributed by atoms with Gasteiger partial charge in [-0.2, -0.15) is 0 Å².